The van der Waals surface area contributed by atoms with Crippen molar-refractivity contribution < 1.29 is 4.79 Å². The Morgan fingerprint density at radius 2 is 2.05 bits per heavy atom. The number of nitrogens with zero attached hydrogens (tertiary/aromatic N) is 1. The molecule has 1 aromatic carbocycles. The maximum Gasteiger partial charge on any atom is 0.242 e. The SMILES string of the molecule is CN(Cc1cccs1)C(C(=O)NC1CC1)c1ccccc1. The van der Waals surface area contributed by atoms with E-state index in [1.165, 1.54) is 4.88 Å². The minimum absolute atomic E-state index is 0.114. The second-order valence-electron chi connectivity index (χ2n) is 5.59. The molecule has 0 radical (unpaired) electrons. The lowest BCUT2D eigenvalue weighted by Crippen LogP contribution is -2.39. The molecule has 3 rings (SSSR count). The number of rotatable bonds is 6. The van der Waals surface area contributed by atoms with Crippen molar-refractivity contribution in [1.29, 1.82) is 0 Å². The van der Waals surface area contributed by atoms with Crippen molar-refractivity contribution in [2.75, 3.05) is 7.05 Å². The molecule has 1 unspecified atom stereocenters. The largest absolute Gasteiger partial charge is 0.352 e. The zero-order valence-corrected chi connectivity index (χ0v) is 13.0. The number of carbonyl (C=O) groups is 1. The number of thiophene rings is 1. The molecule has 1 aliphatic carbocycles. The number of amides is 1. The van der Waals surface area contributed by atoms with Crippen molar-refractivity contribution in [1.82, 2.24) is 10.2 Å². The van der Waals surface area contributed by atoms with Gasteiger partial charge >= 0.3 is 0 Å². The van der Waals surface area contributed by atoms with Gasteiger partial charge in [-0.1, -0.05) is 36.4 Å². The molecule has 3 nitrogen and oxygen atoms in total. The number of nitrogens with one attached hydrogen (secondary N) is 1. The van der Waals surface area contributed by atoms with Gasteiger partial charge in [0.15, 0.2) is 0 Å². The molecular weight excluding hydrogens is 280 g/mol. The first-order valence-corrected chi connectivity index (χ1v) is 8.20. The first-order chi connectivity index (χ1) is 10.2. The lowest BCUT2D eigenvalue weighted by Gasteiger charge is -2.27. The molecule has 1 atom stereocenters. The lowest BCUT2D eigenvalue weighted by atomic mass is 10.0. The highest BCUT2D eigenvalue weighted by Gasteiger charge is 2.30. The van der Waals surface area contributed by atoms with E-state index in [2.05, 4.69) is 27.7 Å². The third-order valence-electron chi connectivity index (χ3n) is 3.71. The fraction of sp³-hybridized carbons (Fsp3) is 0.353. The van der Waals surface area contributed by atoms with Gasteiger partial charge in [0.05, 0.1) is 0 Å². The summed E-state index contributed by atoms with van der Waals surface area (Å²) in [6.45, 7) is 0.787. The Morgan fingerprint density at radius 1 is 1.29 bits per heavy atom. The molecule has 1 heterocycles. The molecule has 4 heteroatoms. The van der Waals surface area contributed by atoms with E-state index in [-0.39, 0.29) is 11.9 Å². The second kappa shape index (κ2) is 6.41. The highest BCUT2D eigenvalue weighted by atomic mass is 32.1. The van der Waals surface area contributed by atoms with Crippen molar-refractivity contribution in [3.63, 3.8) is 0 Å². The van der Waals surface area contributed by atoms with E-state index in [4.69, 9.17) is 0 Å². The quantitative estimate of drug-likeness (QED) is 0.888. The van der Waals surface area contributed by atoms with Gasteiger partial charge in [-0.25, -0.2) is 0 Å². The first-order valence-electron chi connectivity index (χ1n) is 7.32. The van der Waals surface area contributed by atoms with Crippen LogP contribution in [0.25, 0.3) is 0 Å². The first kappa shape index (κ1) is 14.3. The molecule has 110 valence electrons. The van der Waals surface area contributed by atoms with Crippen LogP contribution in [-0.4, -0.2) is 23.9 Å². The summed E-state index contributed by atoms with van der Waals surface area (Å²) in [6, 6.07) is 14.4. The lowest BCUT2D eigenvalue weighted by molar-refractivity contribution is -0.126. The molecule has 0 aliphatic heterocycles. The fourth-order valence-corrected chi connectivity index (χ4v) is 3.26. The predicted octanol–water partition coefficient (Wildman–Crippen LogP) is 3.20. The topological polar surface area (TPSA) is 32.3 Å². The van der Waals surface area contributed by atoms with Crippen LogP contribution in [-0.2, 0) is 11.3 Å². The smallest absolute Gasteiger partial charge is 0.242 e. The van der Waals surface area contributed by atoms with Crippen LogP contribution in [0.15, 0.2) is 47.8 Å². The van der Waals surface area contributed by atoms with Gasteiger partial charge in [-0.2, -0.15) is 0 Å². The van der Waals surface area contributed by atoms with Gasteiger partial charge in [0.2, 0.25) is 5.91 Å². The maximum atomic E-state index is 12.6. The van der Waals surface area contributed by atoms with Crippen LogP contribution in [0.2, 0.25) is 0 Å². The van der Waals surface area contributed by atoms with Crippen LogP contribution < -0.4 is 5.32 Å². The summed E-state index contributed by atoms with van der Waals surface area (Å²) < 4.78 is 0. The van der Waals surface area contributed by atoms with Crippen molar-refractivity contribution in [3.8, 4) is 0 Å². The van der Waals surface area contributed by atoms with Crippen molar-refractivity contribution in [2.24, 2.45) is 0 Å². The zero-order valence-electron chi connectivity index (χ0n) is 12.2. The molecule has 0 spiro atoms. The summed E-state index contributed by atoms with van der Waals surface area (Å²) in [4.78, 5) is 16.0. The standard InChI is InChI=1S/C17H20N2OS/c1-19(12-15-8-5-11-21-15)16(13-6-3-2-4-7-13)17(20)18-14-9-10-14/h2-8,11,14,16H,9-10,12H2,1H3,(H,18,20). The molecule has 1 saturated carbocycles. The summed E-state index contributed by atoms with van der Waals surface area (Å²) in [5, 5.41) is 5.21. The van der Waals surface area contributed by atoms with Crippen LogP contribution in [0.3, 0.4) is 0 Å². The van der Waals surface area contributed by atoms with Gasteiger partial charge < -0.3 is 5.32 Å². The predicted molar refractivity (Wildman–Crippen MR) is 86.1 cm³/mol. The molecule has 2 aromatic rings. The van der Waals surface area contributed by atoms with Crippen molar-refractivity contribution in [2.45, 2.75) is 31.5 Å². The van der Waals surface area contributed by atoms with Gasteiger partial charge in [-0.15, -0.1) is 11.3 Å². The monoisotopic (exact) mass is 300 g/mol. The van der Waals surface area contributed by atoms with Crippen LogP contribution in [0, 0.1) is 0 Å². The average molecular weight is 300 g/mol. The zero-order chi connectivity index (χ0) is 14.7. The number of hydrogen-bond donors (Lipinski definition) is 1. The summed E-state index contributed by atoms with van der Waals surface area (Å²) in [6.07, 6.45) is 2.23. The van der Waals surface area contributed by atoms with Crippen LogP contribution in [0.1, 0.15) is 29.3 Å². The Labute approximate surface area is 129 Å². The minimum Gasteiger partial charge on any atom is -0.352 e. The molecule has 1 N–H and O–H groups in total. The number of benzene rings is 1. The highest BCUT2D eigenvalue weighted by Crippen LogP contribution is 2.25. The van der Waals surface area contributed by atoms with E-state index in [9.17, 15) is 4.79 Å². The van der Waals surface area contributed by atoms with E-state index in [1.54, 1.807) is 11.3 Å². The molecular formula is C17H20N2OS. The van der Waals surface area contributed by atoms with E-state index in [1.807, 2.05) is 37.4 Å². The molecule has 1 amide bonds. The molecule has 0 saturated heterocycles. The van der Waals surface area contributed by atoms with Gasteiger partial charge in [0.25, 0.3) is 0 Å². The minimum atomic E-state index is -0.228. The van der Waals surface area contributed by atoms with E-state index in [0.717, 1.165) is 24.9 Å². The third-order valence-corrected chi connectivity index (χ3v) is 4.57. The Balaban J connectivity index is 1.78. The van der Waals surface area contributed by atoms with E-state index in [0.29, 0.717) is 6.04 Å². The maximum absolute atomic E-state index is 12.6. The fourth-order valence-electron chi connectivity index (χ4n) is 2.49. The van der Waals surface area contributed by atoms with Crippen molar-refractivity contribution in [3.05, 3.63) is 58.3 Å². The Kier molecular flexibility index (Phi) is 4.36. The molecule has 21 heavy (non-hydrogen) atoms. The number of likely N-dealkylation sites (N-methyl/N-ethyl adjacent to an activating group) is 1. The number of hydrogen-bond acceptors (Lipinski definition) is 3. The van der Waals surface area contributed by atoms with Gasteiger partial charge in [0.1, 0.15) is 6.04 Å². The highest BCUT2D eigenvalue weighted by molar-refractivity contribution is 7.09. The van der Waals surface area contributed by atoms with Crippen LogP contribution in [0.4, 0.5) is 0 Å². The summed E-state index contributed by atoms with van der Waals surface area (Å²) in [5.74, 6) is 0.114. The van der Waals surface area contributed by atoms with Crippen LogP contribution >= 0.6 is 11.3 Å². The summed E-state index contributed by atoms with van der Waals surface area (Å²) in [5.41, 5.74) is 1.05. The third kappa shape index (κ3) is 3.71. The van der Waals surface area contributed by atoms with Gasteiger partial charge in [0, 0.05) is 17.5 Å². The summed E-state index contributed by atoms with van der Waals surface area (Å²) >= 11 is 1.73. The second-order valence-corrected chi connectivity index (χ2v) is 6.62. The Morgan fingerprint density at radius 3 is 2.67 bits per heavy atom. The number of carbonyl (C=O) groups excluding carboxylic acids is 1. The molecule has 1 aromatic heterocycles. The molecule has 1 fully saturated rings. The van der Waals surface area contributed by atoms with Gasteiger partial charge in [-0.05, 0) is 36.9 Å². The van der Waals surface area contributed by atoms with Gasteiger partial charge in [-0.3, -0.25) is 9.69 Å². The summed E-state index contributed by atoms with van der Waals surface area (Å²) in [7, 11) is 2.02. The van der Waals surface area contributed by atoms with Crippen LogP contribution in [0.5, 0.6) is 0 Å². The Hall–Kier alpha value is -1.65. The molecule has 0 bridgehead atoms. The van der Waals surface area contributed by atoms with E-state index >= 15 is 0 Å². The normalized spacial score (nSPS) is 15.9. The Bertz CT molecular complexity index is 578. The van der Waals surface area contributed by atoms with E-state index < -0.39 is 0 Å². The molecule has 1 aliphatic rings. The van der Waals surface area contributed by atoms with Crippen molar-refractivity contribution >= 4 is 17.2 Å². The average Bonchev–Trinajstić information content (AvgIpc) is 3.14.